The van der Waals surface area contributed by atoms with Crippen molar-refractivity contribution in [2.75, 3.05) is 12.3 Å². The molecule has 5 atom stereocenters. The first-order valence-corrected chi connectivity index (χ1v) is 12.5. The zero-order valence-electron chi connectivity index (χ0n) is 20.6. The Kier molecular flexibility index (Phi) is 8.48. The third kappa shape index (κ3) is 6.40. The molecule has 2 fully saturated rings. The number of alkyl halides is 1. The molecule has 0 aromatic heterocycles. The highest BCUT2D eigenvalue weighted by molar-refractivity contribution is 6.33. The van der Waals surface area contributed by atoms with Crippen molar-refractivity contribution in [3.63, 3.8) is 0 Å². The van der Waals surface area contributed by atoms with E-state index >= 15 is 0 Å². The van der Waals surface area contributed by atoms with Crippen LogP contribution in [0.3, 0.4) is 0 Å². The molecule has 4 rings (SSSR count). The molecule has 2 aliphatic rings. The normalized spacial score (nSPS) is 23.6. The van der Waals surface area contributed by atoms with Gasteiger partial charge in [0, 0.05) is 12.0 Å². The second-order valence-corrected chi connectivity index (χ2v) is 9.65. The molecule has 3 unspecified atom stereocenters. The highest BCUT2D eigenvalue weighted by Gasteiger charge is 2.44. The molecule has 0 radical (unpaired) electrons. The van der Waals surface area contributed by atoms with Gasteiger partial charge >= 0.3 is 5.97 Å². The lowest BCUT2D eigenvalue weighted by atomic mass is 10.1. The molecule has 12 heteroatoms. The quantitative estimate of drug-likeness (QED) is 0.339. The smallest absolute Gasteiger partial charge is 0.310 e. The van der Waals surface area contributed by atoms with Crippen LogP contribution in [-0.4, -0.2) is 65.7 Å². The van der Waals surface area contributed by atoms with E-state index in [1.165, 1.54) is 25.1 Å². The van der Waals surface area contributed by atoms with Gasteiger partial charge in [-0.05, 0) is 30.7 Å². The first-order chi connectivity index (χ1) is 18.1. The molecule has 2 aromatic carbocycles. The highest BCUT2D eigenvalue weighted by Crippen LogP contribution is 2.24. The predicted octanol–water partition coefficient (Wildman–Crippen LogP) is 1.95. The van der Waals surface area contributed by atoms with Crippen molar-refractivity contribution in [2.24, 2.45) is 0 Å². The van der Waals surface area contributed by atoms with Crippen LogP contribution in [-0.2, 0) is 30.5 Å². The van der Waals surface area contributed by atoms with Crippen LogP contribution in [0.2, 0.25) is 5.02 Å². The number of carbonyl (C=O) groups is 4. The molecule has 0 aliphatic carbocycles. The van der Waals surface area contributed by atoms with E-state index in [0.29, 0.717) is 5.69 Å². The maximum Gasteiger partial charge on any atom is 0.310 e. The van der Waals surface area contributed by atoms with Crippen LogP contribution in [0.5, 0.6) is 0 Å². The van der Waals surface area contributed by atoms with Crippen LogP contribution in [0.25, 0.3) is 0 Å². The van der Waals surface area contributed by atoms with Gasteiger partial charge in [-0.1, -0.05) is 41.9 Å². The van der Waals surface area contributed by atoms with Gasteiger partial charge in [0.25, 0.3) is 5.91 Å². The zero-order valence-corrected chi connectivity index (χ0v) is 21.3. The lowest BCUT2D eigenvalue weighted by Crippen LogP contribution is -2.54. The SMILES string of the molecule is C[C@H](NC(=O)c1ccc(N)c(Cl)c1)C(=O)N1CC(F)C[C@H]1C(=O)NC1CC(=O)OC1OCc1ccccc1. The van der Waals surface area contributed by atoms with Crippen molar-refractivity contribution in [3.05, 3.63) is 64.7 Å². The Bertz CT molecular complexity index is 1220. The van der Waals surface area contributed by atoms with E-state index in [1.807, 2.05) is 30.3 Å². The van der Waals surface area contributed by atoms with E-state index in [1.54, 1.807) is 0 Å². The maximum atomic E-state index is 14.4. The minimum absolute atomic E-state index is 0.123. The number of cyclic esters (lactones) is 1. The standard InChI is InChI=1S/C26H28ClFN4O6/c1-14(30-23(34)16-7-8-19(29)18(27)9-16)25(36)32-12-17(28)10-21(32)24(35)31-20-11-22(33)38-26(20)37-13-15-5-3-2-4-6-15/h2-9,14,17,20-21,26H,10-13,29H2,1H3,(H,30,34)(H,31,35)/t14-,17?,20?,21-,26?/m0/s1. The number of esters is 1. The lowest BCUT2D eigenvalue weighted by molar-refractivity contribution is -0.168. The number of amides is 3. The largest absolute Gasteiger partial charge is 0.433 e. The minimum Gasteiger partial charge on any atom is -0.433 e. The summed E-state index contributed by atoms with van der Waals surface area (Å²) in [5, 5.41) is 5.41. The molecule has 0 saturated carbocycles. The number of nitrogens with two attached hydrogens (primary N) is 1. The summed E-state index contributed by atoms with van der Waals surface area (Å²) in [6, 6.07) is 10.5. The maximum absolute atomic E-state index is 14.4. The number of likely N-dealkylation sites (tertiary alicyclic amines) is 1. The van der Waals surface area contributed by atoms with Crippen LogP contribution in [0.15, 0.2) is 48.5 Å². The molecule has 38 heavy (non-hydrogen) atoms. The second kappa shape index (κ2) is 11.8. The Hall–Kier alpha value is -3.70. The Morgan fingerprint density at radius 2 is 1.97 bits per heavy atom. The van der Waals surface area contributed by atoms with Gasteiger partial charge in [0.2, 0.25) is 18.1 Å². The van der Waals surface area contributed by atoms with Gasteiger partial charge < -0.3 is 30.7 Å². The van der Waals surface area contributed by atoms with E-state index in [2.05, 4.69) is 10.6 Å². The third-order valence-corrected chi connectivity index (χ3v) is 6.69. The van der Waals surface area contributed by atoms with E-state index < -0.39 is 54.3 Å². The number of nitrogens with one attached hydrogen (secondary N) is 2. The van der Waals surface area contributed by atoms with Crippen molar-refractivity contribution in [1.82, 2.24) is 15.5 Å². The number of nitrogen functional groups attached to an aromatic ring is 1. The number of hydrogen-bond acceptors (Lipinski definition) is 7. The van der Waals surface area contributed by atoms with E-state index in [9.17, 15) is 23.6 Å². The summed E-state index contributed by atoms with van der Waals surface area (Å²) in [4.78, 5) is 51.8. The van der Waals surface area contributed by atoms with Crippen LogP contribution in [0.1, 0.15) is 35.7 Å². The molecular formula is C26H28ClFN4O6. The summed E-state index contributed by atoms with van der Waals surface area (Å²) in [6.07, 6.45) is -2.80. The topological polar surface area (TPSA) is 140 Å². The molecular weight excluding hydrogens is 519 g/mol. The summed E-state index contributed by atoms with van der Waals surface area (Å²) >= 11 is 5.97. The number of benzene rings is 2. The predicted molar refractivity (Wildman–Crippen MR) is 135 cm³/mol. The fraction of sp³-hybridized carbons (Fsp3) is 0.385. The van der Waals surface area contributed by atoms with Crippen molar-refractivity contribution in [3.8, 4) is 0 Å². The molecule has 4 N–H and O–H groups in total. The number of halogens is 2. The number of ether oxygens (including phenoxy) is 2. The molecule has 10 nitrogen and oxygen atoms in total. The number of nitrogens with zero attached hydrogens (tertiary/aromatic N) is 1. The van der Waals surface area contributed by atoms with Gasteiger partial charge in [0.15, 0.2) is 0 Å². The number of carbonyl (C=O) groups excluding carboxylic acids is 4. The van der Waals surface area contributed by atoms with Gasteiger partial charge in [0.05, 0.1) is 30.3 Å². The van der Waals surface area contributed by atoms with E-state index in [0.717, 1.165) is 10.5 Å². The fourth-order valence-electron chi connectivity index (χ4n) is 4.37. The summed E-state index contributed by atoms with van der Waals surface area (Å²) < 4.78 is 25.3. The molecule has 2 heterocycles. The molecule has 3 amide bonds. The molecule has 202 valence electrons. The Balaban J connectivity index is 1.37. The lowest BCUT2D eigenvalue weighted by Gasteiger charge is -2.28. The fourth-order valence-corrected chi connectivity index (χ4v) is 4.55. The molecule has 0 spiro atoms. The summed E-state index contributed by atoms with van der Waals surface area (Å²) in [5.74, 6) is -2.39. The highest BCUT2D eigenvalue weighted by atomic mass is 35.5. The van der Waals surface area contributed by atoms with Crippen LogP contribution in [0.4, 0.5) is 10.1 Å². The van der Waals surface area contributed by atoms with Gasteiger partial charge in [0.1, 0.15) is 24.3 Å². The Labute approximate surface area is 223 Å². The third-order valence-electron chi connectivity index (χ3n) is 6.36. The molecule has 0 bridgehead atoms. The van der Waals surface area contributed by atoms with Crippen molar-refractivity contribution in [1.29, 1.82) is 0 Å². The molecule has 2 aromatic rings. The van der Waals surface area contributed by atoms with Gasteiger partial charge in [-0.2, -0.15) is 0 Å². The van der Waals surface area contributed by atoms with Gasteiger partial charge in [-0.3, -0.25) is 19.2 Å². The second-order valence-electron chi connectivity index (χ2n) is 9.24. The van der Waals surface area contributed by atoms with Crippen LogP contribution >= 0.6 is 11.6 Å². The average Bonchev–Trinajstić information content (AvgIpc) is 3.45. The molecule has 2 aliphatic heterocycles. The van der Waals surface area contributed by atoms with Gasteiger partial charge in [-0.25, -0.2) is 4.39 Å². The summed E-state index contributed by atoms with van der Waals surface area (Å²) in [5.41, 5.74) is 7.01. The van der Waals surface area contributed by atoms with Crippen molar-refractivity contribution >= 4 is 41.0 Å². The number of hydrogen-bond donors (Lipinski definition) is 3. The first kappa shape index (κ1) is 27.3. The monoisotopic (exact) mass is 546 g/mol. The average molecular weight is 547 g/mol. The van der Waals surface area contributed by atoms with Crippen LogP contribution in [0, 0.1) is 0 Å². The molecule has 2 saturated heterocycles. The van der Waals surface area contributed by atoms with E-state index in [4.69, 9.17) is 26.8 Å². The number of rotatable bonds is 8. The van der Waals surface area contributed by atoms with E-state index in [-0.39, 0.29) is 36.6 Å². The summed E-state index contributed by atoms with van der Waals surface area (Å²) in [6.45, 7) is 1.29. The number of anilines is 1. The zero-order chi connectivity index (χ0) is 27.4. The Morgan fingerprint density at radius 1 is 1.24 bits per heavy atom. The van der Waals surface area contributed by atoms with Gasteiger partial charge in [-0.15, -0.1) is 0 Å². The first-order valence-electron chi connectivity index (χ1n) is 12.1. The van der Waals surface area contributed by atoms with Crippen molar-refractivity contribution < 1.29 is 33.0 Å². The van der Waals surface area contributed by atoms with Crippen molar-refractivity contribution in [2.45, 2.75) is 57.0 Å². The Morgan fingerprint density at radius 3 is 2.68 bits per heavy atom. The minimum atomic E-state index is -1.43. The van der Waals surface area contributed by atoms with Crippen LogP contribution < -0.4 is 16.4 Å². The summed E-state index contributed by atoms with van der Waals surface area (Å²) in [7, 11) is 0.